The Morgan fingerprint density at radius 3 is 2.93 bits per heavy atom. The van der Waals surface area contributed by atoms with E-state index in [9.17, 15) is 5.11 Å². The quantitative estimate of drug-likeness (QED) is 0.766. The molecule has 1 aromatic heterocycles. The Balaban J connectivity index is 1.93. The summed E-state index contributed by atoms with van der Waals surface area (Å²) in [4.78, 5) is 0. The first-order valence-electron chi connectivity index (χ1n) is 4.84. The van der Waals surface area contributed by atoms with Gasteiger partial charge < -0.3 is 9.84 Å². The van der Waals surface area contributed by atoms with Crippen LogP contribution in [0.25, 0.3) is 0 Å². The van der Waals surface area contributed by atoms with Crippen LogP contribution < -0.4 is 0 Å². The van der Waals surface area contributed by atoms with E-state index in [2.05, 4.69) is 5.10 Å². The normalized spacial score (nSPS) is 31.5. The molecule has 2 rings (SSSR count). The molecule has 1 aromatic rings. The van der Waals surface area contributed by atoms with E-state index in [-0.39, 0.29) is 6.10 Å². The third-order valence-corrected chi connectivity index (χ3v) is 2.84. The second-order valence-electron chi connectivity index (χ2n) is 4.19. The maximum absolute atomic E-state index is 10.1. The molecule has 0 unspecified atom stereocenters. The van der Waals surface area contributed by atoms with Crippen LogP contribution in [0.4, 0.5) is 0 Å². The van der Waals surface area contributed by atoms with E-state index in [1.54, 1.807) is 18.0 Å². The van der Waals surface area contributed by atoms with Gasteiger partial charge in [0.15, 0.2) is 0 Å². The fraction of sp³-hybridized carbons (Fsp3) is 0.700. The lowest BCUT2D eigenvalue weighted by Crippen LogP contribution is -2.49. The van der Waals surface area contributed by atoms with Crippen LogP contribution in [0.2, 0.25) is 0 Å². The Morgan fingerprint density at radius 1 is 1.71 bits per heavy atom. The van der Waals surface area contributed by atoms with Gasteiger partial charge in [-0.15, -0.1) is 0 Å². The topological polar surface area (TPSA) is 47.3 Å². The van der Waals surface area contributed by atoms with Crippen LogP contribution in [0.5, 0.6) is 0 Å². The van der Waals surface area contributed by atoms with Crippen molar-refractivity contribution in [1.29, 1.82) is 0 Å². The molecule has 0 spiro atoms. The van der Waals surface area contributed by atoms with Crippen LogP contribution in [0, 0.1) is 0 Å². The third-order valence-electron chi connectivity index (χ3n) is 2.84. The van der Waals surface area contributed by atoms with Crippen LogP contribution in [-0.2, 0) is 18.2 Å². The summed E-state index contributed by atoms with van der Waals surface area (Å²) < 4.78 is 6.90. The van der Waals surface area contributed by atoms with Crippen molar-refractivity contribution in [2.45, 2.75) is 31.0 Å². The number of aryl methyl sites for hydroxylation is 1. The summed E-state index contributed by atoms with van der Waals surface area (Å²) in [6, 6.07) is 0. The molecule has 78 valence electrons. The molecule has 4 nitrogen and oxygen atoms in total. The average molecular weight is 196 g/mol. The molecule has 0 radical (unpaired) electrons. The lowest BCUT2D eigenvalue weighted by atomic mass is 9.74. The zero-order chi connectivity index (χ0) is 10.2. The van der Waals surface area contributed by atoms with Crippen molar-refractivity contribution in [2.75, 3.05) is 7.11 Å². The Hall–Kier alpha value is -0.870. The van der Waals surface area contributed by atoms with Gasteiger partial charge in [-0.05, 0) is 5.56 Å². The number of hydrogen-bond donors (Lipinski definition) is 1. The van der Waals surface area contributed by atoms with Crippen LogP contribution in [0.1, 0.15) is 18.4 Å². The molecule has 0 aliphatic heterocycles. The smallest absolute Gasteiger partial charge is 0.0738 e. The number of ether oxygens (including phenoxy) is 1. The number of methoxy groups -OCH3 is 1. The number of rotatable bonds is 3. The van der Waals surface area contributed by atoms with Gasteiger partial charge in [0.1, 0.15) is 0 Å². The van der Waals surface area contributed by atoms with Gasteiger partial charge in [0.05, 0.1) is 17.9 Å². The van der Waals surface area contributed by atoms with Crippen molar-refractivity contribution in [3.8, 4) is 0 Å². The number of hydrogen-bond acceptors (Lipinski definition) is 3. The summed E-state index contributed by atoms with van der Waals surface area (Å²) in [7, 11) is 3.57. The molecule has 1 aliphatic carbocycles. The van der Waals surface area contributed by atoms with Crippen LogP contribution in [-0.4, -0.2) is 33.7 Å². The largest absolute Gasteiger partial charge is 0.389 e. The van der Waals surface area contributed by atoms with Crippen molar-refractivity contribution in [3.05, 3.63) is 18.0 Å². The predicted octanol–water partition coefficient (Wildman–Crippen LogP) is 0.502. The Morgan fingerprint density at radius 2 is 2.43 bits per heavy atom. The molecule has 1 aliphatic rings. The van der Waals surface area contributed by atoms with Gasteiger partial charge in [0.2, 0.25) is 0 Å². The van der Waals surface area contributed by atoms with E-state index < -0.39 is 5.60 Å². The summed E-state index contributed by atoms with van der Waals surface area (Å²) >= 11 is 0. The minimum absolute atomic E-state index is 0.233. The highest BCUT2D eigenvalue weighted by molar-refractivity contribution is 5.11. The first-order chi connectivity index (χ1) is 6.61. The SMILES string of the molecule is COC1CC(O)(Cc2cnn(C)c2)C1. The van der Waals surface area contributed by atoms with Crippen molar-refractivity contribution >= 4 is 0 Å². The second kappa shape index (κ2) is 3.37. The van der Waals surface area contributed by atoms with E-state index in [0.29, 0.717) is 6.42 Å². The summed E-state index contributed by atoms with van der Waals surface area (Å²) in [5, 5.41) is 14.1. The number of aromatic nitrogens is 2. The van der Waals surface area contributed by atoms with Crippen molar-refractivity contribution in [1.82, 2.24) is 9.78 Å². The lowest BCUT2D eigenvalue weighted by molar-refractivity contribution is -0.126. The number of aliphatic hydroxyl groups is 1. The maximum Gasteiger partial charge on any atom is 0.0738 e. The second-order valence-corrected chi connectivity index (χ2v) is 4.19. The van der Waals surface area contributed by atoms with Crippen molar-refractivity contribution in [2.24, 2.45) is 7.05 Å². The van der Waals surface area contributed by atoms with E-state index in [1.165, 1.54) is 0 Å². The van der Waals surface area contributed by atoms with Gasteiger partial charge >= 0.3 is 0 Å². The van der Waals surface area contributed by atoms with Crippen molar-refractivity contribution < 1.29 is 9.84 Å². The van der Waals surface area contributed by atoms with Gasteiger partial charge in [-0.3, -0.25) is 4.68 Å². The summed E-state index contributed by atoms with van der Waals surface area (Å²) in [6.07, 6.45) is 6.13. The fourth-order valence-electron chi connectivity index (χ4n) is 2.04. The standard InChI is InChI=1S/C10H16N2O2/c1-12-7-8(6-11-12)3-10(13)4-9(5-10)14-2/h6-7,9,13H,3-5H2,1-2H3. The fourth-order valence-corrected chi connectivity index (χ4v) is 2.04. The molecule has 1 fully saturated rings. The average Bonchev–Trinajstić information content (AvgIpc) is 2.46. The Bertz CT molecular complexity index is 316. The monoisotopic (exact) mass is 196 g/mol. The molecular weight excluding hydrogens is 180 g/mol. The third kappa shape index (κ3) is 1.81. The molecule has 0 saturated heterocycles. The van der Waals surface area contributed by atoms with Crippen LogP contribution in [0.3, 0.4) is 0 Å². The van der Waals surface area contributed by atoms with E-state index in [4.69, 9.17) is 4.74 Å². The van der Waals surface area contributed by atoms with Crippen LogP contribution >= 0.6 is 0 Å². The molecule has 1 heterocycles. The molecule has 4 heteroatoms. The highest BCUT2D eigenvalue weighted by Gasteiger charge is 2.42. The highest BCUT2D eigenvalue weighted by Crippen LogP contribution is 2.36. The van der Waals surface area contributed by atoms with E-state index >= 15 is 0 Å². The first kappa shape index (κ1) is 9.68. The van der Waals surface area contributed by atoms with Gasteiger partial charge in [-0.1, -0.05) is 0 Å². The molecular formula is C10H16N2O2. The predicted molar refractivity (Wildman–Crippen MR) is 51.9 cm³/mol. The zero-order valence-corrected chi connectivity index (χ0v) is 8.60. The van der Waals surface area contributed by atoms with E-state index in [1.807, 2.05) is 13.2 Å². The minimum atomic E-state index is -0.566. The van der Waals surface area contributed by atoms with Gasteiger partial charge in [-0.2, -0.15) is 5.10 Å². The summed E-state index contributed by atoms with van der Waals surface area (Å²) in [5.74, 6) is 0. The molecule has 0 aromatic carbocycles. The maximum atomic E-state index is 10.1. The molecule has 1 saturated carbocycles. The van der Waals surface area contributed by atoms with Crippen LogP contribution in [0.15, 0.2) is 12.4 Å². The summed E-state index contributed by atoms with van der Waals surface area (Å²) in [5.41, 5.74) is 0.522. The molecule has 0 bridgehead atoms. The molecule has 14 heavy (non-hydrogen) atoms. The zero-order valence-electron chi connectivity index (χ0n) is 8.60. The van der Waals surface area contributed by atoms with E-state index in [0.717, 1.165) is 18.4 Å². The molecule has 0 amide bonds. The van der Waals surface area contributed by atoms with Gasteiger partial charge in [0.25, 0.3) is 0 Å². The first-order valence-corrected chi connectivity index (χ1v) is 4.84. The minimum Gasteiger partial charge on any atom is -0.389 e. The highest BCUT2D eigenvalue weighted by atomic mass is 16.5. The lowest BCUT2D eigenvalue weighted by Gasteiger charge is -2.42. The van der Waals surface area contributed by atoms with Crippen molar-refractivity contribution in [3.63, 3.8) is 0 Å². The van der Waals surface area contributed by atoms with Gasteiger partial charge in [0, 0.05) is 39.6 Å². The summed E-state index contributed by atoms with van der Waals surface area (Å²) in [6.45, 7) is 0. The Kier molecular flexibility index (Phi) is 2.33. The molecule has 1 N–H and O–H groups in total. The van der Waals surface area contributed by atoms with Gasteiger partial charge in [-0.25, -0.2) is 0 Å². The molecule has 0 atom stereocenters. The Labute approximate surface area is 83.5 Å². The number of nitrogens with zero attached hydrogens (tertiary/aromatic N) is 2.